The van der Waals surface area contributed by atoms with Gasteiger partial charge >= 0.3 is 0 Å². The fraction of sp³-hybridized carbons (Fsp3) is 0.118. The Morgan fingerprint density at radius 3 is 2.39 bits per heavy atom. The van der Waals surface area contributed by atoms with Gasteiger partial charge in [-0.15, -0.1) is 11.8 Å². The number of fused-ring (bicyclic) bond motifs is 1. The molecule has 23 heavy (non-hydrogen) atoms. The topological polar surface area (TPSA) is 66.5 Å². The minimum atomic E-state index is -0.404. The molecule has 3 rings (SSSR count). The lowest BCUT2D eigenvalue weighted by atomic mass is 10.1. The van der Waals surface area contributed by atoms with E-state index in [0.29, 0.717) is 16.8 Å². The molecule has 2 aromatic rings. The lowest BCUT2D eigenvalue weighted by Crippen LogP contribution is -2.24. The Bertz CT molecular complexity index is 815. The molecular weight excluding hydrogens is 312 g/mol. The monoisotopic (exact) mass is 326 g/mol. The Morgan fingerprint density at radius 2 is 1.74 bits per heavy atom. The van der Waals surface area contributed by atoms with E-state index < -0.39 is 5.91 Å². The second-order valence-corrected chi connectivity index (χ2v) is 5.96. The third-order valence-electron chi connectivity index (χ3n) is 3.72. The van der Waals surface area contributed by atoms with Crippen LogP contribution in [-0.2, 0) is 0 Å². The van der Waals surface area contributed by atoms with Crippen molar-refractivity contribution < 1.29 is 14.4 Å². The van der Waals surface area contributed by atoms with Gasteiger partial charge in [0.25, 0.3) is 17.7 Å². The van der Waals surface area contributed by atoms with Gasteiger partial charge in [-0.2, -0.15) is 0 Å². The van der Waals surface area contributed by atoms with E-state index in [1.54, 1.807) is 42.1 Å². The Hall–Kier alpha value is -2.60. The van der Waals surface area contributed by atoms with Crippen molar-refractivity contribution in [3.8, 4) is 0 Å². The lowest BCUT2D eigenvalue weighted by Gasteiger charge is -2.09. The molecule has 1 N–H and O–H groups in total. The van der Waals surface area contributed by atoms with Gasteiger partial charge in [0.15, 0.2) is 0 Å². The summed E-state index contributed by atoms with van der Waals surface area (Å²) in [4.78, 5) is 38.6. The molecule has 0 saturated carbocycles. The summed E-state index contributed by atoms with van der Waals surface area (Å²) in [6, 6.07) is 12.0. The highest BCUT2D eigenvalue weighted by atomic mass is 32.2. The molecule has 2 aromatic carbocycles. The number of anilines is 1. The van der Waals surface area contributed by atoms with Crippen molar-refractivity contribution >= 4 is 35.2 Å². The fourth-order valence-electron chi connectivity index (χ4n) is 2.44. The van der Waals surface area contributed by atoms with E-state index in [1.807, 2.05) is 18.4 Å². The lowest BCUT2D eigenvalue weighted by molar-refractivity contribution is 0.0693. The van der Waals surface area contributed by atoms with Crippen molar-refractivity contribution in [1.29, 1.82) is 0 Å². The van der Waals surface area contributed by atoms with Gasteiger partial charge in [-0.3, -0.25) is 19.3 Å². The molecule has 1 heterocycles. The molecule has 0 unspecified atom stereocenters. The van der Waals surface area contributed by atoms with Gasteiger partial charge in [0.1, 0.15) is 0 Å². The fourth-order valence-corrected chi connectivity index (χ4v) is 2.85. The zero-order valence-corrected chi connectivity index (χ0v) is 13.4. The quantitative estimate of drug-likeness (QED) is 0.696. The van der Waals surface area contributed by atoms with Crippen LogP contribution in [0.5, 0.6) is 0 Å². The molecule has 3 amide bonds. The Balaban J connectivity index is 1.91. The highest BCUT2D eigenvalue weighted by Crippen LogP contribution is 2.28. The van der Waals surface area contributed by atoms with Gasteiger partial charge in [-0.1, -0.05) is 6.07 Å². The van der Waals surface area contributed by atoms with Crippen LogP contribution in [0.1, 0.15) is 31.1 Å². The number of imide groups is 1. The molecule has 0 bridgehead atoms. The van der Waals surface area contributed by atoms with E-state index >= 15 is 0 Å². The number of hydrogen-bond acceptors (Lipinski definition) is 4. The molecule has 0 aromatic heterocycles. The molecule has 0 radical (unpaired) electrons. The molecule has 6 heteroatoms. The number of nitrogens with zero attached hydrogens (tertiary/aromatic N) is 1. The second kappa shape index (κ2) is 5.89. The first-order valence-electron chi connectivity index (χ1n) is 6.93. The summed E-state index contributed by atoms with van der Waals surface area (Å²) in [6.07, 6.45) is 1.96. The largest absolute Gasteiger partial charge is 0.321 e. The summed E-state index contributed by atoms with van der Waals surface area (Å²) in [5, 5.41) is 2.72. The van der Waals surface area contributed by atoms with Gasteiger partial charge in [-0.05, 0) is 42.7 Å². The summed E-state index contributed by atoms with van der Waals surface area (Å²) in [7, 11) is 1.43. The normalized spacial score (nSPS) is 13.2. The number of carbonyl (C=O) groups excluding carboxylic acids is 3. The Kier molecular flexibility index (Phi) is 3.92. The molecular formula is C17H14N2O3S. The van der Waals surface area contributed by atoms with Crippen LogP contribution in [0, 0.1) is 0 Å². The number of benzene rings is 2. The van der Waals surface area contributed by atoms with E-state index in [4.69, 9.17) is 0 Å². The van der Waals surface area contributed by atoms with Crippen LogP contribution in [0.2, 0.25) is 0 Å². The smallest absolute Gasteiger partial charge is 0.263 e. The average Bonchev–Trinajstić information content (AvgIpc) is 2.80. The molecule has 5 nitrogen and oxygen atoms in total. The molecule has 116 valence electrons. The van der Waals surface area contributed by atoms with Crippen LogP contribution in [0.4, 0.5) is 5.69 Å². The number of carbonyl (C=O) groups is 3. The average molecular weight is 326 g/mol. The first kappa shape index (κ1) is 15.3. The second-order valence-electron chi connectivity index (χ2n) is 5.08. The predicted octanol–water partition coefficient (Wildman–Crippen LogP) is 2.89. The molecule has 0 atom stereocenters. The summed E-state index contributed by atoms with van der Waals surface area (Å²) in [5.41, 5.74) is 1.40. The van der Waals surface area contributed by atoms with Crippen molar-refractivity contribution in [3.05, 3.63) is 59.2 Å². The van der Waals surface area contributed by atoms with Crippen molar-refractivity contribution in [2.45, 2.75) is 4.90 Å². The number of nitrogens with one attached hydrogen (secondary N) is 1. The molecule has 0 aliphatic carbocycles. The first-order chi connectivity index (χ1) is 11.0. The highest BCUT2D eigenvalue weighted by molar-refractivity contribution is 7.98. The van der Waals surface area contributed by atoms with Crippen LogP contribution >= 0.6 is 11.8 Å². The summed E-state index contributed by atoms with van der Waals surface area (Å²) < 4.78 is 0. The standard InChI is InChI=1S/C17H14N2O3S/c1-19-16(21)12-4-3-5-13(14(12)17(19)22)18-15(20)10-6-8-11(23-2)9-7-10/h3-9H,1-2H3,(H,18,20). The van der Waals surface area contributed by atoms with Gasteiger partial charge in [0.05, 0.1) is 16.8 Å². The van der Waals surface area contributed by atoms with Crippen molar-refractivity contribution in [1.82, 2.24) is 4.90 Å². The van der Waals surface area contributed by atoms with Gasteiger partial charge in [0.2, 0.25) is 0 Å². The van der Waals surface area contributed by atoms with Crippen LogP contribution in [0.15, 0.2) is 47.4 Å². The summed E-state index contributed by atoms with van der Waals surface area (Å²) in [5.74, 6) is -1.08. The van der Waals surface area contributed by atoms with E-state index in [2.05, 4.69) is 5.32 Å². The van der Waals surface area contributed by atoms with E-state index in [0.717, 1.165) is 9.80 Å². The van der Waals surface area contributed by atoms with E-state index in [-0.39, 0.29) is 17.4 Å². The maximum atomic E-state index is 12.4. The Morgan fingerprint density at radius 1 is 1.04 bits per heavy atom. The third kappa shape index (κ3) is 2.61. The maximum absolute atomic E-state index is 12.4. The van der Waals surface area contributed by atoms with Crippen LogP contribution in [-0.4, -0.2) is 35.9 Å². The molecule has 1 aliphatic rings. The zero-order chi connectivity index (χ0) is 16.6. The Labute approximate surface area is 137 Å². The number of rotatable bonds is 3. The molecule has 0 fully saturated rings. The van der Waals surface area contributed by atoms with E-state index in [9.17, 15) is 14.4 Å². The number of thioether (sulfide) groups is 1. The minimum absolute atomic E-state index is 0.245. The van der Waals surface area contributed by atoms with Gasteiger partial charge in [-0.25, -0.2) is 0 Å². The summed E-state index contributed by atoms with van der Waals surface area (Å²) >= 11 is 1.59. The van der Waals surface area contributed by atoms with Crippen molar-refractivity contribution in [2.75, 3.05) is 18.6 Å². The highest BCUT2D eigenvalue weighted by Gasteiger charge is 2.35. The molecule has 0 spiro atoms. The van der Waals surface area contributed by atoms with Crippen LogP contribution < -0.4 is 5.32 Å². The van der Waals surface area contributed by atoms with E-state index in [1.165, 1.54) is 7.05 Å². The SMILES string of the molecule is CSc1ccc(C(=O)Nc2cccc3c2C(=O)N(C)C3=O)cc1. The van der Waals surface area contributed by atoms with Crippen molar-refractivity contribution in [2.24, 2.45) is 0 Å². The van der Waals surface area contributed by atoms with Crippen LogP contribution in [0.3, 0.4) is 0 Å². The number of amides is 3. The minimum Gasteiger partial charge on any atom is -0.321 e. The van der Waals surface area contributed by atoms with Gasteiger partial charge in [0, 0.05) is 17.5 Å². The third-order valence-corrected chi connectivity index (χ3v) is 4.46. The van der Waals surface area contributed by atoms with Crippen LogP contribution in [0.25, 0.3) is 0 Å². The predicted molar refractivity (Wildman–Crippen MR) is 89.0 cm³/mol. The maximum Gasteiger partial charge on any atom is 0.263 e. The number of hydrogen-bond donors (Lipinski definition) is 1. The zero-order valence-electron chi connectivity index (χ0n) is 12.6. The molecule has 0 saturated heterocycles. The summed E-state index contributed by atoms with van der Waals surface area (Å²) in [6.45, 7) is 0. The first-order valence-corrected chi connectivity index (χ1v) is 8.16. The molecule has 1 aliphatic heterocycles. The van der Waals surface area contributed by atoms with Crippen molar-refractivity contribution in [3.63, 3.8) is 0 Å². The van der Waals surface area contributed by atoms with Gasteiger partial charge < -0.3 is 5.32 Å².